The number of nitrogens with one attached hydrogen (secondary N) is 1. The number of anilines is 2. The summed E-state index contributed by atoms with van der Waals surface area (Å²) < 4.78 is 44.4. The Balaban J connectivity index is 2.41. The van der Waals surface area contributed by atoms with Crippen molar-refractivity contribution in [1.29, 1.82) is 0 Å². The Labute approximate surface area is 173 Å². The highest BCUT2D eigenvalue weighted by Crippen LogP contribution is 2.27. The summed E-state index contributed by atoms with van der Waals surface area (Å²) in [6.07, 6.45) is 0.970. The molecule has 0 heterocycles. The summed E-state index contributed by atoms with van der Waals surface area (Å²) in [5.41, 5.74) is 0.0117. The molecule has 2 rings (SSSR count). The van der Waals surface area contributed by atoms with Gasteiger partial charge in [-0.15, -0.1) is 0 Å². The van der Waals surface area contributed by atoms with Gasteiger partial charge < -0.3 is 10.1 Å². The van der Waals surface area contributed by atoms with E-state index >= 15 is 0 Å². The molecular formula is C19H20ClFN2O5S. The maximum absolute atomic E-state index is 14.3. The van der Waals surface area contributed by atoms with Gasteiger partial charge in [-0.2, -0.15) is 0 Å². The van der Waals surface area contributed by atoms with Gasteiger partial charge in [0.1, 0.15) is 11.9 Å². The highest BCUT2D eigenvalue weighted by Gasteiger charge is 2.33. The first-order chi connectivity index (χ1) is 13.6. The summed E-state index contributed by atoms with van der Waals surface area (Å²) >= 11 is 5.96. The maximum Gasteiger partial charge on any atom is 0.339 e. The van der Waals surface area contributed by atoms with Crippen LogP contribution in [0.3, 0.4) is 0 Å². The lowest BCUT2D eigenvalue weighted by molar-refractivity contribution is -0.117. The minimum atomic E-state index is -3.98. The summed E-state index contributed by atoms with van der Waals surface area (Å²) in [5, 5.41) is 2.68. The van der Waals surface area contributed by atoms with E-state index in [1.54, 1.807) is 6.92 Å². The molecule has 0 saturated carbocycles. The fraction of sp³-hybridized carbons (Fsp3) is 0.263. The molecule has 2 aromatic carbocycles. The molecule has 0 spiro atoms. The van der Waals surface area contributed by atoms with E-state index < -0.39 is 33.8 Å². The van der Waals surface area contributed by atoms with Crippen LogP contribution >= 0.6 is 11.6 Å². The van der Waals surface area contributed by atoms with E-state index in [9.17, 15) is 22.4 Å². The summed E-state index contributed by atoms with van der Waals surface area (Å²) in [5.74, 6) is -2.16. The Kier molecular flexibility index (Phi) is 7.21. The van der Waals surface area contributed by atoms with Crippen molar-refractivity contribution < 1.29 is 27.1 Å². The topological polar surface area (TPSA) is 92.8 Å². The highest BCUT2D eigenvalue weighted by atomic mass is 35.5. The van der Waals surface area contributed by atoms with Crippen molar-refractivity contribution in [2.45, 2.75) is 19.4 Å². The van der Waals surface area contributed by atoms with Gasteiger partial charge in [-0.1, -0.05) is 30.7 Å². The molecule has 1 amide bonds. The third-order valence-corrected chi connectivity index (χ3v) is 5.55. The number of para-hydroxylation sites is 1. The smallest absolute Gasteiger partial charge is 0.339 e. The molecule has 0 saturated heterocycles. The molecule has 0 bridgehead atoms. The average Bonchev–Trinajstić information content (AvgIpc) is 2.66. The zero-order chi connectivity index (χ0) is 21.8. The molecule has 1 N–H and O–H groups in total. The van der Waals surface area contributed by atoms with Crippen LogP contribution in [0.2, 0.25) is 5.02 Å². The second kappa shape index (κ2) is 9.23. The van der Waals surface area contributed by atoms with Gasteiger partial charge in [0.05, 0.1) is 29.6 Å². The van der Waals surface area contributed by atoms with E-state index in [1.807, 2.05) is 0 Å². The number of hydrogen-bond donors (Lipinski definition) is 1. The monoisotopic (exact) mass is 442 g/mol. The first-order valence-corrected chi connectivity index (χ1v) is 10.8. The van der Waals surface area contributed by atoms with Crippen LogP contribution < -0.4 is 9.62 Å². The van der Waals surface area contributed by atoms with Crippen LogP contribution in [0.25, 0.3) is 0 Å². The van der Waals surface area contributed by atoms with Crippen LogP contribution in [0.5, 0.6) is 0 Å². The van der Waals surface area contributed by atoms with Gasteiger partial charge in [-0.05, 0) is 36.8 Å². The Morgan fingerprint density at radius 2 is 1.90 bits per heavy atom. The predicted octanol–water partition coefficient (Wildman–Crippen LogP) is 3.45. The molecule has 10 heteroatoms. The van der Waals surface area contributed by atoms with Gasteiger partial charge in [0.25, 0.3) is 0 Å². The van der Waals surface area contributed by atoms with Gasteiger partial charge in [-0.25, -0.2) is 17.6 Å². The number of nitrogens with zero attached hydrogens (tertiary/aromatic N) is 1. The number of rotatable bonds is 7. The molecule has 0 aliphatic rings. The minimum absolute atomic E-state index is 0.0362. The van der Waals surface area contributed by atoms with Crippen molar-refractivity contribution in [3.05, 3.63) is 58.9 Å². The van der Waals surface area contributed by atoms with Crippen molar-refractivity contribution in [1.82, 2.24) is 0 Å². The van der Waals surface area contributed by atoms with Gasteiger partial charge in [0.2, 0.25) is 15.9 Å². The van der Waals surface area contributed by atoms with Crippen molar-refractivity contribution in [3.8, 4) is 0 Å². The van der Waals surface area contributed by atoms with Gasteiger partial charge in [0.15, 0.2) is 0 Å². The predicted molar refractivity (Wildman–Crippen MR) is 109 cm³/mol. The SMILES string of the molecule is CCC(C(=O)Nc1ccc(Cl)c(C(=O)OC)c1)N(c1ccccc1F)S(C)(=O)=O. The van der Waals surface area contributed by atoms with E-state index in [1.165, 1.54) is 43.5 Å². The van der Waals surface area contributed by atoms with Crippen molar-refractivity contribution in [3.63, 3.8) is 0 Å². The van der Waals surface area contributed by atoms with Crippen molar-refractivity contribution >= 4 is 44.9 Å². The Bertz CT molecular complexity index is 1030. The number of sulfonamides is 1. The molecule has 29 heavy (non-hydrogen) atoms. The Morgan fingerprint density at radius 1 is 1.24 bits per heavy atom. The van der Waals surface area contributed by atoms with E-state index in [4.69, 9.17) is 11.6 Å². The third kappa shape index (κ3) is 5.24. The van der Waals surface area contributed by atoms with Crippen molar-refractivity contribution in [2.75, 3.05) is 23.0 Å². The zero-order valence-electron chi connectivity index (χ0n) is 16.0. The average molecular weight is 443 g/mol. The first-order valence-electron chi connectivity index (χ1n) is 8.52. The second-order valence-corrected chi connectivity index (χ2v) is 8.38. The third-order valence-electron chi connectivity index (χ3n) is 4.06. The van der Waals surface area contributed by atoms with Gasteiger partial charge in [-0.3, -0.25) is 9.10 Å². The van der Waals surface area contributed by atoms with Crippen LogP contribution in [0, 0.1) is 5.82 Å². The fourth-order valence-electron chi connectivity index (χ4n) is 2.76. The quantitative estimate of drug-likeness (QED) is 0.663. The van der Waals surface area contributed by atoms with E-state index in [-0.39, 0.29) is 28.4 Å². The van der Waals surface area contributed by atoms with E-state index in [2.05, 4.69) is 10.1 Å². The molecule has 7 nitrogen and oxygen atoms in total. The first kappa shape index (κ1) is 22.6. The molecule has 0 aliphatic heterocycles. The van der Waals surface area contributed by atoms with Gasteiger partial charge in [0, 0.05) is 5.69 Å². The molecule has 0 aliphatic carbocycles. The number of amides is 1. The number of halogens is 2. The fourth-order valence-corrected chi connectivity index (χ4v) is 4.17. The summed E-state index contributed by atoms with van der Waals surface area (Å²) in [7, 11) is -2.79. The van der Waals surface area contributed by atoms with Crippen LogP contribution in [0.4, 0.5) is 15.8 Å². The lowest BCUT2D eigenvalue weighted by Crippen LogP contribution is -2.47. The summed E-state index contributed by atoms with van der Waals surface area (Å²) in [6, 6.07) is 8.23. The summed E-state index contributed by atoms with van der Waals surface area (Å²) in [4.78, 5) is 24.6. The number of hydrogen-bond acceptors (Lipinski definition) is 5. The van der Waals surface area contributed by atoms with Crippen LogP contribution in [-0.4, -0.2) is 39.7 Å². The molecule has 0 radical (unpaired) electrons. The van der Waals surface area contributed by atoms with Gasteiger partial charge >= 0.3 is 5.97 Å². The molecule has 1 atom stereocenters. The lowest BCUT2D eigenvalue weighted by atomic mass is 10.1. The second-order valence-electron chi connectivity index (χ2n) is 6.11. The van der Waals surface area contributed by atoms with Crippen LogP contribution in [-0.2, 0) is 19.6 Å². The number of carbonyl (C=O) groups is 2. The number of methoxy groups -OCH3 is 1. The van der Waals surface area contributed by atoms with Crippen LogP contribution in [0.1, 0.15) is 23.7 Å². The Hall–Kier alpha value is -2.65. The molecule has 1 unspecified atom stereocenters. The lowest BCUT2D eigenvalue weighted by Gasteiger charge is -2.30. The number of carbonyl (C=O) groups excluding carboxylic acids is 2. The molecular weight excluding hydrogens is 423 g/mol. The standard InChI is InChI=1S/C19H20ClFN2O5S/c1-4-16(23(29(3,26)27)17-8-6-5-7-15(17)21)18(24)22-12-9-10-14(20)13(11-12)19(25)28-2/h5-11,16H,4H2,1-3H3,(H,22,24). The molecule has 2 aromatic rings. The highest BCUT2D eigenvalue weighted by molar-refractivity contribution is 7.92. The normalized spacial score (nSPS) is 12.2. The largest absolute Gasteiger partial charge is 0.465 e. The van der Waals surface area contributed by atoms with E-state index in [0.29, 0.717) is 0 Å². The van der Waals surface area contributed by atoms with Crippen LogP contribution in [0.15, 0.2) is 42.5 Å². The molecule has 0 aromatic heterocycles. The molecule has 0 fully saturated rings. The van der Waals surface area contributed by atoms with Crippen molar-refractivity contribution in [2.24, 2.45) is 0 Å². The summed E-state index contributed by atoms with van der Waals surface area (Å²) in [6.45, 7) is 1.60. The number of benzene rings is 2. The maximum atomic E-state index is 14.3. The Morgan fingerprint density at radius 3 is 2.45 bits per heavy atom. The minimum Gasteiger partial charge on any atom is -0.465 e. The zero-order valence-corrected chi connectivity index (χ0v) is 17.6. The number of ether oxygens (including phenoxy) is 1. The van der Waals surface area contributed by atoms with E-state index in [0.717, 1.165) is 16.6 Å². The molecule has 156 valence electrons. The number of esters is 1.